The van der Waals surface area contributed by atoms with Crippen LogP contribution >= 0.6 is 0 Å². The molecule has 8 heteroatoms. The van der Waals surface area contributed by atoms with Crippen molar-refractivity contribution in [1.29, 1.82) is 0 Å². The highest BCUT2D eigenvalue weighted by Crippen LogP contribution is 2.36. The molecule has 21 heavy (non-hydrogen) atoms. The molecular formula is C13H23NO6S. The molecule has 1 rings (SSSR count). The first-order chi connectivity index (χ1) is 9.77. The zero-order valence-corrected chi connectivity index (χ0v) is 13.3. The second kappa shape index (κ2) is 7.22. The highest BCUT2D eigenvalue weighted by Gasteiger charge is 2.47. The van der Waals surface area contributed by atoms with E-state index >= 15 is 0 Å². The number of carboxylic acids is 1. The van der Waals surface area contributed by atoms with E-state index in [1.54, 1.807) is 0 Å². The van der Waals surface area contributed by atoms with E-state index in [1.807, 2.05) is 6.92 Å². The molecule has 0 bridgehead atoms. The lowest BCUT2D eigenvalue weighted by Gasteiger charge is -2.24. The molecular weight excluding hydrogens is 298 g/mol. The minimum Gasteiger partial charge on any atom is -0.481 e. The normalized spacial score (nSPS) is 23.1. The molecule has 0 spiro atoms. The van der Waals surface area contributed by atoms with Crippen molar-refractivity contribution in [3.8, 4) is 0 Å². The van der Waals surface area contributed by atoms with Crippen LogP contribution in [0.15, 0.2) is 0 Å². The van der Waals surface area contributed by atoms with Gasteiger partial charge in [-0.1, -0.05) is 13.3 Å². The summed E-state index contributed by atoms with van der Waals surface area (Å²) in [6.45, 7) is 2.14. The summed E-state index contributed by atoms with van der Waals surface area (Å²) in [6, 6.07) is 0. The minimum atomic E-state index is -3.52. The number of methoxy groups -OCH3 is 1. The van der Waals surface area contributed by atoms with E-state index in [0.717, 1.165) is 0 Å². The van der Waals surface area contributed by atoms with E-state index in [2.05, 4.69) is 4.74 Å². The fourth-order valence-corrected chi connectivity index (χ4v) is 4.25. The summed E-state index contributed by atoms with van der Waals surface area (Å²) in [7, 11) is -2.27. The third-order valence-electron chi connectivity index (χ3n) is 3.91. The van der Waals surface area contributed by atoms with Gasteiger partial charge in [0.05, 0.1) is 18.3 Å². The fraction of sp³-hybridized carbons (Fsp3) is 0.846. The average molecular weight is 321 g/mol. The summed E-state index contributed by atoms with van der Waals surface area (Å²) in [5.41, 5.74) is -0.968. The number of rotatable bonds is 8. The van der Waals surface area contributed by atoms with Gasteiger partial charge in [0.1, 0.15) is 0 Å². The number of hydrogen-bond donors (Lipinski definition) is 1. The summed E-state index contributed by atoms with van der Waals surface area (Å²) in [4.78, 5) is 22.4. The summed E-state index contributed by atoms with van der Waals surface area (Å²) >= 11 is 0. The lowest BCUT2D eigenvalue weighted by molar-refractivity contribution is -0.148. The third kappa shape index (κ3) is 4.41. The van der Waals surface area contributed by atoms with E-state index in [4.69, 9.17) is 0 Å². The van der Waals surface area contributed by atoms with Crippen LogP contribution in [0.5, 0.6) is 0 Å². The third-order valence-corrected chi connectivity index (χ3v) is 5.81. The van der Waals surface area contributed by atoms with Gasteiger partial charge in [-0.25, -0.2) is 12.7 Å². The number of carboxylic acid groups (broad SMARTS) is 1. The second-order valence-electron chi connectivity index (χ2n) is 5.41. The highest BCUT2D eigenvalue weighted by atomic mass is 32.2. The zero-order valence-electron chi connectivity index (χ0n) is 12.5. The molecule has 1 atom stereocenters. The second-order valence-corrected chi connectivity index (χ2v) is 7.50. The van der Waals surface area contributed by atoms with Crippen LogP contribution in [0.4, 0.5) is 0 Å². The van der Waals surface area contributed by atoms with Crippen molar-refractivity contribution in [3.63, 3.8) is 0 Å². The molecule has 1 heterocycles. The Kier molecular flexibility index (Phi) is 6.15. The van der Waals surface area contributed by atoms with Crippen LogP contribution < -0.4 is 0 Å². The highest BCUT2D eigenvalue weighted by molar-refractivity contribution is 7.89. The predicted octanol–water partition coefficient (Wildman–Crippen LogP) is 0.846. The van der Waals surface area contributed by atoms with Crippen molar-refractivity contribution < 1.29 is 27.9 Å². The fourth-order valence-electron chi connectivity index (χ4n) is 2.67. The Bertz CT molecular complexity index is 489. The summed E-state index contributed by atoms with van der Waals surface area (Å²) in [5, 5.41) is 9.38. The predicted molar refractivity (Wildman–Crippen MR) is 76.2 cm³/mol. The topological polar surface area (TPSA) is 101 Å². The van der Waals surface area contributed by atoms with Crippen molar-refractivity contribution in [2.24, 2.45) is 5.41 Å². The number of carbonyl (C=O) groups is 2. The number of sulfonamides is 1. The molecule has 1 saturated heterocycles. The van der Waals surface area contributed by atoms with Gasteiger partial charge in [0.2, 0.25) is 10.0 Å². The smallest absolute Gasteiger partial charge is 0.311 e. The van der Waals surface area contributed by atoms with E-state index in [-0.39, 0.29) is 31.7 Å². The van der Waals surface area contributed by atoms with Crippen LogP contribution in [0.3, 0.4) is 0 Å². The molecule has 1 aliphatic heterocycles. The Labute approximate surface area is 125 Å². The minimum absolute atomic E-state index is 0.0245. The van der Waals surface area contributed by atoms with Crippen LogP contribution in [0.2, 0.25) is 0 Å². The lowest BCUT2D eigenvalue weighted by Crippen LogP contribution is -2.37. The molecule has 7 nitrogen and oxygen atoms in total. The Hall–Kier alpha value is -1.15. The van der Waals surface area contributed by atoms with E-state index in [1.165, 1.54) is 11.4 Å². The number of esters is 1. The maximum absolute atomic E-state index is 12.2. The van der Waals surface area contributed by atoms with Crippen molar-refractivity contribution in [1.82, 2.24) is 4.31 Å². The van der Waals surface area contributed by atoms with Gasteiger partial charge < -0.3 is 9.84 Å². The molecule has 1 unspecified atom stereocenters. The van der Waals surface area contributed by atoms with Gasteiger partial charge in [0.25, 0.3) is 0 Å². The molecule has 0 aromatic heterocycles. The summed E-state index contributed by atoms with van der Waals surface area (Å²) in [6.07, 6.45) is 1.73. The maximum Gasteiger partial charge on any atom is 0.311 e. The van der Waals surface area contributed by atoms with Crippen LogP contribution in [0.1, 0.15) is 39.0 Å². The van der Waals surface area contributed by atoms with E-state index in [9.17, 15) is 23.1 Å². The molecule has 0 radical (unpaired) electrons. The molecule has 0 amide bonds. The maximum atomic E-state index is 12.2. The van der Waals surface area contributed by atoms with Crippen molar-refractivity contribution in [2.45, 2.75) is 39.0 Å². The molecule has 122 valence electrons. The molecule has 1 fully saturated rings. The first-order valence-corrected chi connectivity index (χ1v) is 8.66. The first kappa shape index (κ1) is 17.9. The quantitative estimate of drug-likeness (QED) is 0.665. The number of aliphatic carboxylic acids is 1. The van der Waals surface area contributed by atoms with Gasteiger partial charge >= 0.3 is 11.9 Å². The number of nitrogens with zero attached hydrogens (tertiary/aromatic N) is 1. The molecule has 0 aromatic carbocycles. The van der Waals surface area contributed by atoms with E-state index in [0.29, 0.717) is 19.3 Å². The van der Waals surface area contributed by atoms with E-state index < -0.39 is 27.4 Å². The van der Waals surface area contributed by atoms with Crippen LogP contribution in [0, 0.1) is 5.41 Å². The summed E-state index contributed by atoms with van der Waals surface area (Å²) in [5.74, 6) is -1.54. The van der Waals surface area contributed by atoms with Crippen molar-refractivity contribution in [3.05, 3.63) is 0 Å². The number of ether oxygens (including phenoxy) is 1. The van der Waals surface area contributed by atoms with Crippen LogP contribution in [0.25, 0.3) is 0 Å². The van der Waals surface area contributed by atoms with Gasteiger partial charge in [0.15, 0.2) is 0 Å². The van der Waals surface area contributed by atoms with Gasteiger partial charge in [-0.05, 0) is 19.3 Å². The largest absolute Gasteiger partial charge is 0.481 e. The Morgan fingerprint density at radius 1 is 1.38 bits per heavy atom. The van der Waals surface area contributed by atoms with Crippen LogP contribution in [-0.4, -0.2) is 55.7 Å². The van der Waals surface area contributed by atoms with Gasteiger partial charge in [-0.15, -0.1) is 0 Å². The number of hydrogen-bond acceptors (Lipinski definition) is 5. The molecule has 0 saturated carbocycles. The monoisotopic (exact) mass is 321 g/mol. The Balaban J connectivity index is 2.65. The summed E-state index contributed by atoms with van der Waals surface area (Å²) < 4.78 is 30.1. The number of carbonyl (C=O) groups excluding carboxylic acids is 1. The standard InChI is InChI=1S/C13H23NO6S/c1-3-6-13(12(16)17)7-8-14(10-13)21(18,19)9-4-5-11(15)20-2/h3-10H2,1-2H3,(H,16,17). The van der Waals surface area contributed by atoms with Crippen LogP contribution in [-0.2, 0) is 24.3 Å². The van der Waals surface area contributed by atoms with Gasteiger partial charge in [-0.3, -0.25) is 9.59 Å². The molecule has 1 N–H and O–H groups in total. The SMILES string of the molecule is CCCC1(C(=O)O)CCN(S(=O)(=O)CCCC(=O)OC)C1. The molecule has 0 aliphatic carbocycles. The Morgan fingerprint density at radius 3 is 2.57 bits per heavy atom. The Morgan fingerprint density at radius 2 is 2.05 bits per heavy atom. The average Bonchev–Trinajstić information content (AvgIpc) is 2.85. The van der Waals surface area contributed by atoms with Gasteiger partial charge in [-0.2, -0.15) is 0 Å². The van der Waals surface area contributed by atoms with Crippen molar-refractivity contribution in [2.75, 3.05) is 26.0 Å². The zero-order chi connectivity index (χ0) is 16.1. The van der Waals surface area contributed by atoms with Gasteiger partial charge in [0, 0.05) is 19.5 Å². The molecule has 1 aliphatic rings. The van der Waals surface area contributed by atoms with Crippen molar-refractivity contribution >= 4 is 22.0 Å². The first-order valence-electron chi connectivity index (χ1n) is 7.05. The lowest BCUT2D eigenvalue weighted by atomic mass is 9.83. The molecule has 0 aromatic rings.